The first kappa shape index (κ1) is 20.4. The number of hydrogen-bond donors (Lipinski definition) is 2. The first-order valence-corrected chi connectivity index (χ1v) is 9.40. The Morgan fingerprint density at radius 3 is 2.69 bits per heavy atom. The summed E-state index contributed by atoms with van der Waals surface area (Å²) in [5.74, 6) is -2.54. The van der Waals surface area contributed by atoms with E-state index in [4.69, 9.17) is 5.73 Å². The lowest BCUT2D eigenvalue weighted by Crippen LogP contribution is -2.46. The molecule has 3 rings (SSSR count). The van der Waals surface area contributed by atoms with Gasteiger partial charge in [-0.05, 0) is 55.0 Å². The van der Waals surface area contributed by atoms with Gasteiger partial charge in [0.1, 0.15) is 11.6 Å². The number of nitrogens with two attached hydrogens (primary N) is 1. The van der Waals surface area contributed by atoms with Crippen molar-refractivity contribution in [3.05, 3.63) is 59.0 Å². The first-order chi connectivity index (χ1) is 13.8. The van der Waals surface area contributed by atoms with E-state index in [-0.39, 0.29) is 29.2 Å². The second-order valence-electron chi connectivity index (χ2n) is 7.38. The molecule has 1 aromatic heterocycles. The fourth-order valence-electron chi connectivity index (χ4n) is 3.59. The SMILES string of the molecule is Cc1cc(C2CCC(C)CN2C(=O)C(=O)Nc2ncccc2C(N)=O)ccc1F. The molecule has 1 aromatic carbocycles. The number of benzene rings is 1. The molecule has 1 fully saturated rings. The van der Waals surface area contributed by atoms with Crippen molar-refractivity contribution in [2.75, 3.05) is 11.9 Å². The fourth-order valence-corrected chi connectivity index (χ4v) is 3.59. The summed E-state index contributed by atoms with van der Waals surface area (Å²) in [5.41, 5.74) is 6.58. The summed E-state index contributed by atoms with van der Waals surface area (Å²) in [6, 6.07) is 7.32. The highest BCUT2D eigenvalue weighted by atomic mass is 19.1. The molecule has 2 atom stereocenters. The maximum atomic E-state index is 13.7. The third kappa shape index (κ3) is 4.42. The number of nitrogens with zero attached hydrogens (tertiary/aromatic N) is 2. The van der Waals surface area contributed by atoms with Crippen molar-refractivity contribution in [2.45, 2.75) is 32.7 Å². The third-order valence-electron chi connectivity index (χ3n) is 5.14. The van der Waals surface area contributed by atoms with Crippen molar-refractivity contribution in [1.29, 1.82) is 0 Å². The molecule has 0 radical (unpaired) electrons. The average molecular weight is 398 g/mol. The fraction of sp³-hybridized carbons (Fsp3) is 0.333. The maximum absolute atomic E-state index is 13.7. The van der Waals surface area contributed by atoms with E-state index in [1.165, 1.54) is 29.3 Å². The summed E-state index contributed by atoms with van der Waals surface area (Å²) in [7, 11) is 0. The Hall–Kier alpha value is -3.29. The summed E-state index contributed by atoms with van der Waals surface area (Å²) in [6.07, 6.45) is 2.94. The minimum Gasteiger partial charge on any atom is -0.365 e. The van der Waals surface area contributed by atoms with Gasteiger partial charge in [-0.1, -0.05) is 19.1 Å². The number of carbonyl (C=O) groups excluding carboxylic acids is 3. The van der Waals surface area contributed by atoms with Gasteiger partial charge in [0.15, 0.2) is 0 Å². The molecule has 0 aliphatic carbocycles. The zero-order valence-electron chi connectivity index (χ0n) is 16.3. The van der Waals surface area contributed by atoms with E-state index >= 15 is 0 Å². The van der Waals surface area contributed by atoms with Crippen LogP contribution in [0.3, 0.4) is 0 Å². The molecule has 0 saturated carbocycles. The van der Waals surface area contributed by atoms with E-state index in [2.05, 4.69) is 10.3 Å². The molecule has 0 bridgehead atoms. The number of nitrogens with one attached hydrogen (secondary N) is 1. The summed E-state index contributed by atoms with van der Waals surface area (Å²) in [6.45, 7) is 4.07. The number of halogens is 1. The van der Waals surface area contributed by atoms with Gasteiger partial charge in [0.25, 0.3) is 5.91 Å². The highest BCUT2D eigenvalue weighted by Gasteiger charge is 2.34. The summed E-state index contributed by atoms with van der Waals surface area (Å²) >= 11 is 0. The molecule has 8 heteroatoms. The number of amides is 3. The zero-order chi connectivity index (χ0) is 21.1. The van der Waals surface area contributed by atoms with E-state index in [0.717, 1.165) is 12.0 Å². The van der Waals surface area contributed by atoms with Crippen molar-refractivity contribution in [3.8, 4) is 0 Å². The van der Waals surface area contributed by atoms with Crippen LogP contribution in [-0.4, -0.2) is 34.2 Å². The van der Waals surface area contributed by atoms with Gasteiger partial charge in [0.2, 0.25) is 0 Å². The van der Waals surface area contributed by atoms with Gasteiger partial charge in [-0.2, -0.15) is 0 Å². The number of pyridine rings is 1. The normalized spacial score (nSPS) is 18.9. The topological polar surface area (TPSA) is 105 Å². The predicted octanol–water partition coefficient (Wildman–Crippen LogP) is 2.57. The molecule has 7 nitrogen and oxygen atoms in total. The van der Waals surface area contributed by atoms with Crippen LogP contribution >= 0.6 is 0 Å². The Bertz CT molecular complexity index is 963. The lowest BCUT2D eigenvalue weighted by Gasteiger charge is -2.38. The Morgan fingerprint density at radius 2 is 2.00 bits per heavy atom. The van der Waals surface area contributed by atoms with Crippen LogP contribution in [0.15, 0.2) is 36.5 Å². The number of aromatic nitrogens is 1. The predicted molar refractivity (Wildman–Crippen MR) is 105 cm³/mol. The van der Waals surface area contributed by atoms with Gasteiger partial charge in [0.05, 0.1) is 11.6 Å². The molecule has 2 unspecified atom stereocenters. The van der Waals surface area contributed by atoms with Crippen LogP contribution in [0.2, 0.25) is 0 Å². The van der Waals surface area contributed by atoms with Crippen LogP contribution in [0.1, 0.15) is 47.3 Å². The van der Waals surface area contributed by atoms with Gasteiger partial charge >= 0.3 is 11.8 Å². The van der Waals surface area contributed by atoms with Crippen LogP contribution in [0, 0.1) is 18.7 Å². The van der Waals surface area contributed by atoms with Crippen molar-refractivity contribution in [2.24, 2.45) is 11.7 Å². The van der Waals surface area contributed by atoms with E-state index < -0.39 is 17.7 Å². The molecule has 29 heavy (non-hydrogen) atoms. The Kier molecular flexibility index (Phi) is 5.91. The number of piperidine rings is 1. The van der Waals surface area contributed by atoms with Gasteiger partial charge in [-0.25, -0.2) is 9.37 Å². The van der Waals surface area contributed by atoms with Crippen LogP contribution in [-0.2, 0) is 9.59 Å². The molecular formula is C21H23FN4O3. The minimum absolute atomic E-state index is 0.0198. The molecule has 1 aliphatic heterocycles. The van der Waals surface area contributed by atoms with Crippen molar-refractivity contribution >= 4 is 23.5 Å². The second kappa shape index (κ2) is 8.38. The standard InChI is InChI=1S/C21H23FN4O3/c1-12-5-8-17(14-6-7-16(22)13(2)10-14)26(11-12)21(29)20(28)25-19-15(18(23)27)4-3-9-24-19/h3-4,6-7,9-10,12,17H,5,8,11H2,1-2H3,(H2,23,27)(H,24,25,28). The quantitative estimate of drug-likeness (QED) is 0.775. The monoisotopic (exact) mass is 398 g/mol. The number of hydrogen-bond acceptors (Lipinski definition) is 4. The zero-order valence-corrected chi connectivity index (χ0v) is 16.3. The first-order valence-electron chi connectivity index (χ1n) is 9.40. The van der Waals surface area contributed by atoms with Crippen LogP contribution in [0.4, 0.5) is 10.2 Å². The van der Waals surface area contributed by atoms with E-state index in [1.807, 2.05) is 6.92 Å². The van der Waals surface area contributed by atoms with Gasteiger partial charge < -0.3 is 16.0 Å². The smallest absolute Gasteiger partial charge is 0.315 e. The van der Waals surface area contributed by atoms with Gasteiger partial charge in [0, 0.05) is 12.7 Å². The molecule has 2 heterocycles. The van der Waals surface area contributed by atoms with Crippen LogP contribution in [0.5, 0.6) is 0 Å². The van der Waals surface area contributed by atoms with Crippen LogP contribution in [0.25, 0.3) is 0 Å². The molecule has 1 aliphatic rings. The van der Waals surface area contributed by atoms with E-state index in [0.29, 0.717) is 18.5 Å². The van der Waals surface area contributed by atoms with Gasteiger partial charge in [-0.15, -0.1) is 0 Å². The lowest BCUT2D eigenvalue weighted by molar-refractivity contribution is -0.146. The van der Waals surface area contributed by atoms with Crippen LogP contribution < -0.4 is 11.1 Å². The van der Waals surface area contributed by atoms with E-state index in [1.54, 1.807) is 19.1 Å². The molecule has 152 valence electrons. The lowest BCUT2D eigenvalue weighted by atomic mass is 9.89. The van der Waals surface area contributed by atoms with Gasteiger partial charge in [-0.3, -0.25) is 14.4 Å². The number of primary amides is 1. The summed E-state index contributed by atoms with van der Waals surface area (Å²) in [4.78, 5) is 42.6. The van der Waals surface area contributed by atoms with Crippen molar-refractivity contribution < 1.29 is 18.8 Å². The van der Waals surface area contributed by atoms with Crippen molar-refractivity contribution in [3.63, 3.8) is 0 Å². The third-order valence-corrected chi connectivity index (χ3v) is 5.14. The molecule has 0 spiro atoms. The molecule has 1 saturated heterocycles. The Balaban J connectivity index is 1.85. The number of anilines is 1. The Labute approximate surface area is 168 Å². The molecular weight excluding hydrogens is 375 g/mol. The second-order valence-corrected chi connectivity index (χ2v) is 7.38. The number of aryl methyl sites for hydroxylation is 1. The number of carbonyl (C=O) groups is 3. The average Bonchev–Trinajstić information content (AvgIpc) is 2.69. The number of rotatable bonds is 3. The highest BCUT2D eigenvalue weighted by Crippen LogP contribution is 2.34. The minimum atomic E-state index is -0.899. The van der Waals surface area contributed by atoms with E-state index in [9.17, 15) is 18.8 Å². The molecule has 2 aromatic rings. The largest absolute Gasteiger partial charge is 0.365 e. The Morgan fingerprint density at radius 1 is 1.24 bits per heavy atom. The maximum Gasteiger partial charge on any atom is 0.315 e. The molecule has 3 N–H and O–H groups in total. The summed E-state index contributed by atoms with van der Waals surface area (Å²) < 4.78 is 13.7. The summed E-state index contributed by atoms with van der Waals surface area (Å²) in [5, 5.41) is 2.39. The number of likely N-dealkylation sites (tertiary alicyclic amines) is 1. The van der Waals surface area contributed by atoms with Crippen molar-refractivity contribution in [1.82, 2.24) is 9.88 Å². The molecule has 3 amide bonds. The highest BCUT2D eigenvalue weighted by molar-refractivity contribution is 6.39.